The number of nitrogens with two attached hydrogens (primary N) is 1. The summed E-state index contributed by atoms with van der Waals surface area (Å²) in [4.78, 5) is 3.00. The lowest BCUT2D eigenvalue weighted by atomic mass is 10.2. The molecule has 0 radical (unpaired) electrons. The minimum atomic E-state index is -0.259. The molecule has 0 aliphatic rings. The minimum Gasteiger partial charge on any atom is -0.365 e. The molecule has 19 heavy (non-hydrogen) atoms. The van der Waals surface area contributed by atoms with Crippen molar-refractivity contribution in [1.82, 2.24) is 0 Å². The molecule has 1 unspecified atom stereocenters. The van der Waals surface area contributed by atoms with E-state index in [-0.39, 0.29) is 11.9 Å². The van der Waals surface area contributed by atoms with Crippen molar-refractivity contribution in [3.63, 3.8) is 0 Å². The highest BCUT2D eigenvalue weighted by atomic mass is 79.9. The Morgan fingerprint density at radius 1 is 1.47 bits per heavy atom. The summed E-state index contributed by atoms with van der Waals surface area (Å²) in [6.45, 7) is 0.427. The molecule has 1 heterocycles. The second-order valence-corrected chi connectivity index (χ2v) is 6.65. The van der Waals surface area contributed by atoms with E-state index in [0.29, 0.717) is 10.9 Å². The fraction of sp³-hybridized carbons (Fsp3) is 0.231. The van der Waals surface area contributed by atoms with Crippen molar-refractivity contribution in [2.24, 2.45) is 5.73 Å². The van der Waals surface area contributed by atoms with E-state index in [1.807, 2.05) is 24.1 Å². The van der Waals surface area contributed by atoms with Crippen LogP contribution < -0.4 is 10.6 Å². The molecular weight excluding hydrogens is 351 g/mol. The first-order valence-corrected chi connectivity index (χ1v) is 7.65. The van der Waals surface area contributed by atoms with Gasteiger partial charge in [0.25, 0.3) is 0 Å². The summed E-state index contributed by atoms with van der Waals surface area (Å²) in [7, 11) is 1.90. The third-order valence-electron chi connectivity index (χ3n) is 2.90. The van der Waals surface area contributed by atoms with E-state index in [2.05, 4.69) is 15.9 Å². The average molecular weight is 364 g/mol. The number of hydrogen-bond acceptors (Lipinski definition) is 3. The molecule has 0 fully saturated rings. The second-order valence-electron chi connectivity index (χ2n) is 4.11. The number of nitrogens with zero attached hydrogens (tertiary/aromatic N) is 1. The van der Waals surface area contributed by atoms with Crippen molar-refractivity contribution in [3.8, 4) is 0 Å². The van der Waals surface area contributed by atoms with Crippen LogP contribution in [-0.4, -0.2) is 13.6 Å². The first-order valence-electron chi connectivity index (χ1n) is 5.66. The van der Waals surface area contributed by atoms with Crippen molar-refractivity contribution in [3.05, 3.63) is 49.8 Å². The zero-order chi connectivity index (χ0) is 14.0. The molecule has 2 nitrogen and oxygen atoms in total. The Labute approximate surface area is 129 Å². The van der Waals surface area contributed by atoms with Crippen molar-refractivity contribution < 1.29 is 4.39 Å². The molecule has 2 aromatic rings. The summed E-state index contributed by atoms with van der Waals surface area (Å²) < 4.78 is 14.8. The molecule has 0 amide bonds. The Balaban J connectivity index is 2.31. The van der Waals surface area contributed by atoms with Crippen LogP contribution in [0.15, 0.2) is 34.8 Å². The molecule has 1 atom stereocenters. The van der Waals surface area contributed by atoms with Gasteiger partial charge in [-0.25, -0.2) is 4.39 Å². The quantitative estimate of drug-likeness (QED) is 0.870. The van der Waals surface area contributed by atoms with E-state index >= 15 is 0 Å². The van der Waals surface area contributed by atoms with Crippen LogP contribution in [0.2, 0.25) is 4.34 Å². The molecule has 0 aliphatic carbocycles. The predicted molar refractivity (Wildman–Crippen MR) is 83.6 cm³/mol. The van der Waals surface area contributed by atoms with E-state index in [0.717, 1.165) is 15.0 Å². The smallest absolute Gasteiger partial charge is 0.125 e. The van der Waals surface area contributed by atoms with E-state index in [9.17, 15) is 4.39 Å². The Morgan fingerprint density at radius 2 is 2.21 bits per heavy atom. The van der Waals surface area contributed by atoms with Crippen molar-refractivity contribution in [2.45, 2.75) is 6.04 Å². The summed E-state index contributed by atoms with van der Waals surface area (Å²) in [6, 6.07) is 8.39. The van der Waals surface area contributed by atoms with Crippen LogP contribution in [0.1, 0.15) is 10.9 Å². The molecule has 0 aliphatic heterocycles. The maximum atomic E-state index is 13.3. The highest BCUT2D eigenvalue weighted by Crippen LogP contribution is 2.37. The molecule has 6 heteroatoms. The first kappa shape index (κ1) is 14.8. The van der Waals surface area contributed by atoms with Crippen LogP contribution in [-0.2, 0) is 0 Å². The Morgan fingerprint density at radius 3 is 2.74 bits per heavy atom. The number of likely N-dealkylation sites (N-methyl/N-ethyl adjacent to an activating group) is 1. The highest BCUT2D eigenvalue weighted by molar-refractivity contribution is 9.10. The Bertz CT molecular complexity index is 556. The van der Waals surface area contributed by atoms with Crippen LogP contribution in [0.4, 0.5) is 10.1 Å². The molecule has 0 bridgehead atoms. The fourth-order valence-corrected chi connectivity index (χ4v) is 3.76. The first-order chi connectivity index (χ1) is 9.02. The molecule has 102 valence electrons. The molecule has 0 saturated carbocycles. The van der Waals surface area contributed by atoms with Gasteiger partial charge in [0.15, 0.2) is 0 Å². The monoisotopic (exact) mass is 362 g/mol. The van der Waals surface area contributed by atoms with Gasteiger partial charge in [-0.3, -0.25) is 0 Å². The summed E-state index contributed by atoms with van der Waals surface area (Å²) in [6.07, 6.45) is 0. The maximum Gasteiger partial charge on any atom is 0.125 e. The minimum absolute atomic E-state index is 0.0319. The Kier molecular flexibility index (Phi) is 4.84. The Hall–Kier alpha value is -0.620. The van der Waals surface area contributed by atoms with Gasteiger partial charge in [-0.2, -0.15) is 0 Å². The van der Waals surface area contributed by atoms with Gasteiger partial charge < -0.3 is 10.6 Å². The standard InChI is InChI=1S/C13H13BrClFN2S/c1-18(9-4-2-3-8(16)5-9)11(7-17)12-6-10(14)13(15)19-12/h2-6,11H,7,17H2,1H3. The van der Waals surface area contributed by atoms with E-state index in [4.69, 9.17) is 17.3 Å². The highest BCUT2D eigenvalue weighted by Gasteiger charge is 2.19. The van der Waals surface area contributed by atoms with Crippen LogP contribution in [0.3, 0.4) is 0 Å². The molecule has 2 rings (SSSR count). The maximum absolute atomic E-state index is 13.3. The second kappa shape index (κ2) is 6.22. The summed E-state index contributed by atoms with van der Waals surface area (Å²) in [5.41, 5.74) is 6.64. The normalized spacial score (nSPS) is 12.5. The van der Waals surface area contributed by atoms with Gasteiger partial charge in [-0.15, -0.1) is 11.3 Å². The number of halogens is 3. The summed E-state index contributed by atoms with van der Waals surface area (Å²) in [5, 5.41) is 0. The number of anilines is 1. The molecule has 1 aromatic heterocycles. The number of thiophene rings is 1. The van der Waals surface area contributed by atoms with Crippen molar-refractivity contribution in [2.75, 3.05) is 18.5 Å². The summed E-state index contributed by atoms with van der Waals surface area (Å²) in [5.74, 6) is -0.259. The van der Waals surface area contributed by atoms with E-state index in [1.54, 1.807) is 6.07 Å². The van der Waals surface area contributed by atoms with E-state index in [1.165, 1.54) is 23.5 Å². The van der Waals surface area contributed by atoms with E-state index < -0.39 is 0 Å². The van der Waals surface area contributed by atoms with Gasteiger partial charge >= 0.3 is 0 Å². The molecular formula is C13H13BrClFN2S. The number of benzene rings is 1. The van der Waals surface area contributed by atoms with Crippen LogP contribution >= 0.6 is 38.9 Å². The third-order valence-corrected chi connectivity index (χ3v) is 5.47. The van der Waals surface area contributed by atoms with Crippen LogP contribution in [0.5, 0.6) is 0 Å². The largest absolute Gasteiger partial charge is 0.365 e. The van der Waals surface area contributed by atoms with Gasteiger partial charge in [-0.1, -0.05) is 17.7 Å². The SMILES string of the molecule is CN(c1cccc(F)c1)C(CN)c1cc(Br)c(Cl)s1. The van der Waals surface area contributed by atoms with Crippen molar-refractivity contribution in [1.29, 1.82) is 0 Å². The van der Waals surface area contributed by atoms with Gasteiger partial charge in [0.1, 0.15) is 10.2 Å². The number of hydrogen-bond donors (Lipinski definition) is 1. The third kappa shape index (κ3) is 3.28. The molecule has 0 saturated heterocycles. The number of rotatable bonds is 4. The molecule has 1 aromatic carbocycles. The topological polar surface area (TPSA) is 29.3 Å². The average Bonchev–Trinajstić information content (AvgIpc) is 2.70. The predicted octanol–water partition coefficient (Wildman–Crippen LogP) is 4.44. The molecule has 2 N–H and O–H groups in total. The fourth-order valence-electron chi connectivity index (χ4n) is 1.87. The zero-order valence-electron chi connectivity index (χ0n) is 10.2. The van der Waals surface area contributed by atoms with Crippen LogP contribution in [0, 0.1) is 5.82 Å². The van der Waals surface area contributed by atoms with Gasteiger partial charge in [0.05, 0.1) is 6.04 Å². The zero-order valence-corrected chi connectivity index (χ0v) is 13.4. The summed E-state index contributed by atoms with van der Waals surface area (Å²) >= 11 is 10.9. The van der Waals surface area contributed by atoms with Crippen LogP contribution in [0.25, 0.3) is 0 Å². The molecule has 0 spiro atoms. The lowest BCUT2D eigenvalue weighted by Gasteiger charge is -2.28. The van der Waals surface area contributed by atoms with Gasteiger partial charge in [0.2, 0.25) is 0 Å². The lowest BCUT2D eigenvalue weighted by molar-refractivity contribution is 0.624. The van der Waals surface area contributed by atoms with Gasteiger partial charge in [-0.05, 0) is 40.2 Å². The van der Waals surface area contributed by atoms with Gasteiger partial charge in [0, 0.05) is 28.6 Å². The lowest BCUT2D eigenvalue weighted by Crippen LogP contribution is -2.29. The van der Waals surface area contributed by atoms with Crippen molar-refractivity contribution >= 4 is 44.6 Å².